The third-order valence-corrected chi connectivity index (χ3v) is 5.80. The second kappa shape index (κ2) is 8.64. The highest BCUT2D eigenvalue weighted by atomic mass is 35.5. The topological polar surface area (TPSA) is 71.1 Å². The first-order valence-corrected chi connectivity index (χ1v) is 10.3. The van der Waals surface area contributed by atoms with Crippen molar-refractivity contribution in [3.05, 3.63) is 34.5 Å². The van der Waals surface area contributed by atoms with Crippen LogP contribution in [0.1, 0.15) is 32.6 Å². The second-order valence-corrected chi connectivity index (χ2v) is 8.15. The van der Waals surface area contributed by atoms with Crippen LogP contribution in [0.4, 0.5) is 15.2 Å². The third kappa shape index (κ3) is 5.06. The summed E-state index contributed by atoms with van der Waals surface area (Å²) in [4.78, 5) is 3.32. The molecule has 0 saturated heterocycles. The fourth-order valence-electron chi connectivity index (χ4n) is 2.09. The van der Waals surface area contributed by atoms with E-state index >= 15 is 0 Å². The Balaban J connectivity index is 2.11. The van der Waals surface area contributed by atoms with Gasteiger partial charge in [0, 0.05) is 18.1 Å². The average Bonchev–Trinajstić information content (AvgIpc) is 3.02. The van der Waals surface area contributed by atoms with E-state index in [4.69, 9.17) is 11.6 Å². The fourth-order valence-corrected chi connectivity index (χ4v) is 4.26. The maximum Gasteiger partial charge on any atom is 0.266 e. The number of unbranched alkanes of at least 4 members (excludes halogenated alkanes) is 3. The first kappa shape index (κ1) is 19.0. The molecule has 1 aromatic heterocycles. The van der Waals surface area contributed by atoms with Crippen LogP contribution in [-0.2, 0) is 10.0 Å². The van der Waals surface area contributed by atoms with Gasteiger partial charge in [0.2, 0.25) is 0 Å². The summed E-state index contributed by atoms with van der Waals surface area (Å²) < 4.78 is 41.0. The van der Waals surface area contributed by atoms with Gasteiger partial charge in [-0.1, -0.05) is 37.8 Å². The summed E-state index contributed by atoms with van der Waals surface area (Å²) >= 11 is 7.20. The molecule has 1 aromatic carbocycles. The van der Waals surface area contributed by atoms with E-state index in [1.54, 1.807) is 5.38 Å². The van der Waals surface area contributed by atoms with Gasteiger partial charge >= 0.3 is 0 Å². The molecule has 2 aromatic rings. The largest absolute Gasteiger partial charge is 0.384 e. The summed E-state index contributed by atoms with van der Waals surface area (Å²) in [7, 11) is -4.07. The van der Waals surface area contributed by atoms with Crippen LogP contribution < -0.4 is 10.0 Å². The Kier molecular flexibility index (Phi) is 6.82. The van der Waals surface area contributed by atoms with Crippen molar-refractivity contribution in [2.75, 3.05) is 16.6 Å². The van der Waals surface area contributed by atoms with Crippen molar-refractivity contribution >= 4 is 43.8 Å². The summed E-state index contributed by atoms with van der Waals surface area (Å²) in [6, 6.07) is 2.22. The molecule has 0 aliphatic rings. The molecule has 0 spiro atoms. The minimum absolute atomic E-state index is 0.159. The van der Waals surface area contributed by atoms with Crippen molar-refractivity contribution in [3.8, 4) is 0 Å². The lowest BCUT2D eigenvalue weighted by atomic mass is 10.2. The predicted octanol–water partition coefficient (Wildman–Crippen LogP) is 4.73. The summed E-state index contributed by atoms with van der Waals surface area (Å²) in [5, 5.41) is 4.99. The highest BCUT2D eigenvalue weighted by Gasteiger charge is 2.22. The maximum atomic E-state index is 14.2. The quantitative estimate of drug-likeness (QED) is 0.606. The number of hydrogen-bond donors (Lipinski definition) is 2. The number of sulfonamides is 1. The molecule has 0 saturated carbocycles. The van der Waals surface area contributed by atoms with Gasteiger partial charge in [0.05, 0.1) is 10.7 Å². The van der Waals surface area contributed by atoms with Crippen molar-refractivity contribution in [2.24, 2.45) is 0 Å². The van der Waals surface area contributed by atoms with E-state index in [1.165, 1.54) is 6.20 Å². The smallest absolute Gasteiger partial charge is 0.266 e. The van der Waals surface area contributed by atoms with Gasteiger partial charge in [-0.2, -0.15) is 0 Å². The molecule has 24 heavy (non-hydrogen) atoms. The zero-order valence-electron chi connectivity index (χ0n) is 13.2. The van der Waals surface area contributed by atoms with Crippen LogP contribution in [0, 0.1) is 5.82 Å². The van der Waals surface area contributed by atoms with Gasteiger partial charge in [0.25, 0.3) is 10.0 Å². The van der Waals surface area contributed by atoms with E-state index in [0.717, 1.165) is 49.2 Å². The Morgan fingerprint density at radius 1 is 1.29 bits per heavy atom. The van der Waals surface area contributed by atoms with Crippen molar-refractivity contribution < 1.29 is 12.8 Å². The monoisotopic (exact) mass is 391 g/mol. The predicted molar refractivity (Wildman–Crippen MR) is 97.0 cm³/mol. The molecule has 9 heteroatoms. The van der Waals surface area contributed by atoms with Crippen LogP contribution in [0.5, 0.6) is 0 Å². The SMILES string of the molecule is CCCCCCNc1cc(F)c(S(=O)(=O)Nc2nccs2)cc1Cl. The molecule has 132 valence electrons. The first-order valence-electron chi connectivity index (χ1n) is 7.59. The molecule has 0 aliphatic carbocycles. The molecular weight excluding hydrogens is 373 g/mol. The van der Waals surface area contributed by atoms with E-state index in [0.29, 0.717) is 12.2 Å². The van der Waals surface area contributed by atoms with Crippen LogP contribution in [0.2, 0.25) is 5.02 Å². The molecule has 5 nitrogen and oxygen atoms in total. The lowest BCUT2D eigenvalue weighted by Gasteiger charge is -2.12. The van der Waals surface area contributed by atoms with Gasteiger partial charge in [0.15, 0.2) is 5.13 Å². The second-order valence-electron chi connectivity index (χ2n) is 5.19. The molecule has 0 amide bonds. The number of rotatable bonds is 9. The van der Waals surface area contributed by atoms with Crippen LogP contribution in [0.15, 0.2) is 28.6 Å². The zero-order valence-corrected chi connectivity index (χ0v) is 15.6. The molecule has 2 N–H and O–H groups in total. The normalized spacial score (nSPS) is 11.5. The van der Waals surface area contributed by atoms with Gasteiger partial charge < -0.3 is 5.32 Å². The molecule has 0 radical (unpaired) electrons. The Morgan fingerprint density at radius 2 is 2.08 bits per heavy atom. The Bertz CT molecular complexity index is 767. The van der Waals surface area contributed by atoms with Crippen LogP contribution in [0.25, 0.3) is 0 Å². The molecule has 0 bridgehead atoms. The van der Waals surface area contributed by atoms with E-state index < -0.39 is 20.7 Å². The third-order valence-electron chi connectivity index (χ3n) is 3.31. The van der Waals surface area contributed by atoms with Crippen LogP contribution in [0.3, 0.4) is 0 Å². The maximum absolute atomic E-state index is 14.2. The van der Waals surface area contributed by atoms with Gasteiger partial charge in [-0.25, -0.2) is 17.8 Å². The van der Waals surface area contributed by atoms with Crippen LogP contribution >= 0.6 is 22.9 Å². The molecule has 1 heterocycles. The highest BCUT2D eigenvalue weighted by molar-refractivity contribution is 7.93. The van der Waals surface area contributed by atoms with Gasteiger partial charge in [-0.05, 0) is 18.6 Å². The molecule has 2 rings (SSSR count). The van der Waals surface area contributed by atoms with Gasteiger partial charge in [-0.15, -0.1) is 11.3 Å². The summed E-state index contributed by atoms with van der Waals surface area (Å²) in [5.74, 6) is -0.862. The minimum atomic E-state index is -4.07. The zero-order chi connectivity index (χ0) is 17.6. The number of hydrogen-bond acceptors (Lipinski definition) is 5. The Hall–Kier alpha value is -1.38. The molecule has 0 fully saturated rings. The number of aromatic nitrogens is 1. The number of thiazole rings is 1. The summed E-state index contributed by atoms with van der Waals surface area (Å²) in [6.07, 6.45) is 5.75. The summed E-state index contributed by atoms with van der Waals surface area (Å²) in [6.45, 7) is 2.78. The van der Waals surface area contributed by atoms with E-state index in [9.17, 15) is 12.8 Å². The summed E-state index contributed by atoms with van der Waals surface area (Å²) in [5.41, 5.74) is 0.388. The van der Waals surface area contributed by atoms with Crippen molar-refractivity contribution in [3.63, 3.8) is 0 Å². The van der Waals surface area contributed by atoms with Crippen LogP contribution in [-0.4, -0.2) is 19.9 Å². The van der Waals surface area contributed by atoms with Gasteiger partial charge in [0.1, 0.15) is 10.7 Å². The number of nitrogens with one attached hydrogen (secondary N) is 2. The highest BCUT2D eigenvalue weighted by Crippen LogP contribution is 2.29. The van der Waals surface area contributed by atoms with E-state index in [-0.39, 0.29) is 10.2 Å². The first-order chi connectivity index (χ1) is 11.4. The van der Waals surface area contributed by atoms with E-state index in [2.05, 4.69) is 21.9 Å². The lowest BCUT2D eigenvalue weighted by molar-refractivity contribution is 0.570. The van der Waals surface area contributed by atoms with Crippen molar-refractivity contribution in [1.82, 2.24) is 4.98 Å². The number of anilines is 2. The number of halogens is 2. The molecule has 0 atom stereocenters. The molecule has 0 aliphatic heterocycles. The number of benzene rings is 1. The fraction of sp³-hybridized carbons (Fsp3) is 0.400. The van der Waals surface area contributed by atoms with E-state index in [1.807, 2.05) is 0 Å². The Labute approximate surface area is 150 Å². The number of nitrogens with zero attached hydrogens (tertiary/aromatic N) is 1. The van der Waals surface area contributed by atoms with Crippen molar-refractivity contribution in [2.45, 2.75) is 37.5 Å². The lowest BCUT2D eigenvalue weighted by Crippen LogP contribution is -2.15. The molecular formula is C15H19ClFN3O2S2. The van der Waals surface area contributed by atoms with Crippen molar-refractivity contribution in [1.29, 1.82) is 0 Å². The Morgan fingerprint density at radius 3 is 2.75 bits per heavy atom. The average molecular weight is 392 g/mol. The molecule has 0 unspecified atom stereocenters. The standard InChI is InChI=1S/C15H19ClFN3O2S2/c1-2-3-4-5-6-18-13-10-12(17)14(9-11(13)16)24(21,22)20-15-19-7-8-23-15/h7-10,18H,2-6H2,1H3,(H,19,20). The van der Waals surface area contributed by atoms with Gasteiger partial charge in [-0.3, -0.25) is 4.72 Å². The minimum Gasteiger partial charge on any atom is -0.384 e.